The molecule has 0 aromatic carbocycles. The van der Waals surface area contributed by atoms with E-state index in [9.17, 15) is 4.79 Å². The smallest absolute Gasteiger partial charge is 0.261 e. The fraction of sp³-hybridized carbons (Fsp3) is 0.333. The molecule has 96 valence electrons. The zero-order valence-electron chi connectivity index (χ0n) is 10.2. The van der Waals surface area contributed by atoms with Crippen LogP contribution in [0.1, 0.15) is 27.2 Å². The Morgan fingerprint density at radius 1 is 1.56 bits per heavy atom. The Kier molecular flexibility index (Phi) is 3.99. The lowest BCUT2D eigenvalue weighted by Crippen LogP contribution is -2.21. The monoisotopic (exact) mass is 266 g/mol. The SMILES string of the molecule is CCc1ccc(C(=O)NCc2cc(OC)no2)s1. The Bertz CT molecular complexity index is 533. The lowest BCUT2D eigenvalue weighted by Gasteiger charge is -1.99. The fourth-order valence-corrected chi connectivity index (χ4v) is 2.28. The van der Waals surface area contributed by atoms with Crippen molar-refractivity contribution in [3.8, 4) is 5.88 Å². The van der Waals surface area contributed by atoms with Crippen LogP contribution in [0.2, 0.25) is 0 Å². The first-order chi connectivity index (χ1) is 8.72. The fourth-order valence-electron chi connectivity index (χ4n) is 1.42. The molecule has 0 aliphatic carbocycles. The average molecular weight is 266 g/mol. The van der Waals surface area contributed by atoms with Crippen LogP contribution < -0.4 is 10.1 Å². The highest BCUT2D eigenvalue weighted by molar-refractivity contribution is 7.14. The Morgan fingerprint density at radius 3 is 3.00 bits per heavy atom. The number of nitrogens with one attached hydrogen (secondary N) is 1. The van der Waals surface area contributed by atoms with Gasteiger partial charge in [0.05, 0.1) is 18.5 Å². The second-order valence-electron chi connectivity index (χ2n) is 3.64. The van der Waals surface area contributed by atoms with Gasteiger partial charge in [-0.1, -0.05) is 6.92 Å². The van der Waals surface area contributed by atoms with Gasteiger partial charge < -0.3 is 14.6 Å². The third-order valence-electron chi connectivity index (χ3n) is 2.40. The van der Waals surface area contributed by atoms with Crippen molar-refractivity contribution in [1.29, 1.82) is 0 Å². The van der Waals surface area contributed by atoms with Crippen LogP contribution in [0.5, 0.6) is 5.88 Å². The van der Waals surface area contributed by atoms with Gasteiger partial charge in [-0.05, 0) is 23.7 Å². The quantitative estimate of drug-likeness (QED) is 0.901. The number of carbonyl (C=O) groups is 1. The molecule has 5 nitrogen and oxygen atoms in total. The molecule has 2 rings (SSSR count). The van der Waals surface area contributed by atoms with Crippen molar-refractivity contribution in [2.75, 3.05) is 7.11 Å². The van der Waals surface area contributed by atoms with Crippen molar-refractivity contribution in [3.63, 3.8) is 0 Å². The van der Waals surface area contributed by atoms with Crippen LogP contribution in [0, 0.1) is 0 Å². The molecule has 0 spiro atoms. The first-order valence-electron chi connectivity index (χ1n) is 5.59. The Hall–Kier alpha value is -1.82. The van der Waals surface area contributed by atoms with E-state index in [4.69, 9.17) is 9.26 Å². The van der Waals surface area contributed by atoms with E-state index in [0.29, 0.717) is 23.1 Å². The van der Waals surface area contributed by atoms with E-state index >= 15 is 0 Å². The predicted octanol–water partition coefficient (Wildman–Crippen LogP) is 2.24. The molecule has 2 aromatic heterocycles. The van der Waals surface area contributed by atoms with E-state index in [1.807, 2.05) is 12.1 Å². The number of ether oxygens (including phenoxy) is 1. The highest BCUT2D eigenvalue weighted by atomic mass is 32.1. The Balaban J connectivity index is 1.91. The summed E-state index contributed by atoms with van der Waals surface area (Å²) in [6, 6.07) is 5.45. The predicted molar refractivity (Wildman–Crippen MR) is 67.9 cm³/mol. The normalized spacial score (nSPS) is 10.3. The number of hydrogen-bond acceptors (Lipinski definition) is 5. The van der Waals surface area contributed by atoms with Crippen molar-refractivity contribution >= 4 is 17.2 Å². The van der Waals surface area contributed by atoms with E-state index in [0.717, 1.165) is 6.42 Å². The molecule has 0 aliphatic heterocycles. The number of nitrogens with zero attached hydrogens (tertiary/aromatic N) is 1. The zero-order chi connectivity index (χ0) is 13.0. The lowest BCUT2D eigenvalue weighted by atomic mass is 10.3. The van der Waals surface area contributed by atoms with Crippen molar-refractivity contribution in [2.45, 2.75) is 19.9 Å². The lowest BCUT2D eigenvalue weighted by molar-refractivity contribution is 0.0951. The van der Waals surface area contributed by atoms with Gasteiger partial charge in [0.2, 0.25) is 0 Å². The first-order valence-corrected chi connectivity index (χ1v) is 6.41. The summed E-state index contributed by atoms with van der Waals surface area (Å²) in [5.41, 5.74) is 0. The first kappa shape index (κ1) is 12.6. The summed E-state index contributed by atoms with van der Waals surface area (Å²) in [5.74, 6) is 0.867. The van der Waals surface area contributed by atoms with Gasteiger partial charge in [0.1, 0.15) is 0 Å². The minimum atomic E-state index is -0.102. The van der Waals surface area contributed by atoms with E-state index in [-0.39, 0.29) is 5.91 Å². The van der Waals surface area contributed by atoms with Crippen LogP contribution in [-0.2, 0) is 13.0 Å². The number of aryl methyl sites for hydroxylation is 1. The third kappa shape index (κ3) is 2.89. The molecule has 0 unspecified atom stereocenters. The molecule has 2 aromatic rings. The van der Waals surface area contributed by atoms with Crippen molar-refractivity contribution in [1.82, 2.24) is 10.5 Å². The average Bonchev–Trinajstić information content (AvgIpc) is 3.04. The number of methoxy groups -OCH3 is 1. The molecule has 18 heavy (non-hydrogen) atoms. The maximum Gasteiger partial charge on any atom is 0.261 e. The van der Waals surface area contributed by atoms with Crippen LogP contribution in [0.3, 0.4) is 0 Å². The number of amides is 1. The third-order valence-corrected chi connectivity index (χ3v) is 3.63. The van der Waals surface area contributed by atoms with Gasteiger partial charge in [-0.3, -0.25) is 4.79 Å². The topological polar surface area (TPSA) is 64.4 Å². The molecule has 2 heterocycles. The van der Waals surface area contributed by atoms with Crippen LogP contribution in [0.25, 0.3) is 0 Å². The summed E-state index contributed by atoms with van der Waals surface area (Å²) in [4.78, 5) is 13.7. The number of hydrogen-bond donors (Lipinski definition) is 1. The number of thiophene rings is 1. The molecule has 0 radical (unpaired) electrons. The minimum Gasteiger partial charge on any atom is -0.479 e. The molecule has 1 amide bonds. The number of aromatic nitrogens is 1. The van der Waals surface area contributed by atoms with E-state index < -0.39 is 0 Å². The van der Waals surface area contributed by atoms with Crippen molar-refractivity contribution in [2.24, 2.45) is 0 Å². The standard InChI is InChI=1S/C12H14N2O3S/c1-3-9-4-5-10(18-9)12(15)13-7-8-6-11(16-2)14-17-8/h4-6H,3,7H2,1-2H3,(H,13,15). The zero-order valence-corrected chi connectivity index (χ0v) is 11.0. The second kappa shape index (κ2) is 5.68. The highest BCUT2D eigenvalue weighted by Crippen LogP contribution is 2.17. The maximum atomic E-state index is 11.8. The van der Waals surface area contributed by atoms with Crippen LogP contribution in [-0.4, -0.2) is 18.2 Å². The summed E-state index contributed by atoms with van der Waals surface area (Å²) in [7, 11) is 1.51. The molecule has 1 N–H and O–H groups in total. The summed E-state index contributed by atoms with van der Waals surface area (Å²) < 4.78 is 9.87. The van der Waals surface area contributed by atoms with Gasteiger partial charge in [-0.15, -0.1) is 11.3 Å². The van der Waals surface area contributed by atoms with Gasteiger partial charge in [-0.2, -0.15) is 0 Å². The molecule has 6 heteroatoms. The van der Waals surface area contributed by atoms with E-state index in [2.05, 4.69) is 17.4 Å². The van der Waals surface area contributed by atoms with Crippen molar-refractivity contribution in [3.05, 3.63) is 33.7 Å². The largest absolute Gasteiger partial charge is 0.479 e. The van der Waals surface area contributed by atoms with Gasteiger partial charge in [0.15, 0.2) is 5.76 Å². The van der Waals surface area contributed by atoms with Crippen molar-refractivity contribution < 1.29 is 14.1 Å². The molecule has 0 aliphatic rings. The van der Waals surface area contributed by atoms with E-state index in [1.165, 1.54) is 23.3 Å². The summed E-state index contributed by atoms with van der Waals surface area (Å²) >= 11 is 1.50. The molecule has 0 atom stereocenters. The van der Waals surface area contributed by atoms with Crippen LogP contribution >= 0.6 is 11.3 Å². The number of rotatable bonds is 5. The molecule has 0 saturated heterocycles. The van der Waals surface area contributed by atoms with Gasteiger partial charge in [0, 0.05) is 10.9 Å². The van der Waals surface area contributed by atoms with E-state index in [1.54, 1.807) is 6.07 Å². The molecule has 0 saturated carbocycles. The van der Waals surface area contributed by atoms with Gasteiger partial charge >= 0.3 is 0 Å². The molecule has 0 fully saturated rings. The van der Waals surface area contributed by atoms with Gasteiger partial charge in [0.25, 0.3) is 11.8 Å². The number of carbonyl (C=O) groups excluding carboxylic acids is 1. The molecular formula is C12H14N2O3S. The highest BCUT2D eigenvalue weighted by Gasteiger charge is 2.10. The van der Waals surface area contributed by atoms with Gasteiger partial charge in [-0.25, -0.2) is 0 Å². The molecular weight excluding hydrogens is 252 g/mol. The summed E-state index contributed by atoms with van der Waals surface area (Å²) in [6.45, 7) is 2.36. The Labute approximate surface area is 109 Å². The van der Waals surface area contributed by atoms with Crippen LogP contribution in [0.4, 0.5) is 0 Å². The Morgan fingerprint density at radius 2 is 2.39 bits per heavy atom. The minimum absolute atomic E-state index is 0.102. The summed E-state index contributed by atoms with van der Waals surface area (Å²) in [5, 5.41) is 6.43. The second-order valence-corrected chi connectivity index (χ2v) is 4.81. The molecule has 0 bridgehead atoms. The maximum absolute atomic E-state index is 11.8. The summed E-state index contributed by atoms with van der Waals surface area (Å²) in [6.07, 6.45) is 0.942. The van der Waals surface area contributed by atoms with Crippen LogP contribution in [0.15, 0.2) is 22.7 Å².